The van der Waals surface area contributed by atoms with E-state index in [1.807, 2.05) is 12.3 Å². The van der Waals surface area contributed by atoms with Gasteiger partial charge < -0.3 is 9.51 Å². The van der Waals surface area contributed by atoms with Crippen molar-refractivity contribution < 1.29 is 5.11 Å². The smallest absolute Gasteiger partial charge is 0.137 e. The molecule has 0 fully saturated rings. The maximum absolute atomic E-state index is 9.35. The SMILES string of the molecule is Cc1ccn2c(CN(CCO)CCc3ccccc3)cnc2c1. The van der Waals surface area contributed by atoms with Crippen LogP contribution in [-0.4, -0.2) is 39.1 Å². The first kappa shape index (κ1) is 15.7. The lowest BCUT2D eigenvalue weighted by Gasteiger charge is -2.21. The number of benzene rings is 1. The van der Waals surface area contributed by atoms with E-state index in [0.29, 0.717) is 6.54 Å². The summed E-state index contributed by atoms with van der Waals surface area (Å²) >= 11 is 0. The molecule has 120 valence electrons. The summed E-state index contributed by atoms with van der Waals surface area (Å²) in [4.78, 5) is 6.76. The predicted octanol–water partition coefficient (Wildman–Crippen LogP) is 2.68. The van der Waals surface area contributed by atoms with Crippen molar-refractivity contribution >= 4 is 5.65 Å². The second kappa shape index (κ2) is 7.40. The van der Waals surface area contributed by atoms with Crippen molar-refractivity contribution in [3.05, 3.63) is 71.7 Å². The molecule has 1 aromatic carbocycles. The van der Waals surface area contributed by atoms with Crippen molar-refractivity contribution in [1.29, 1.82) is 0 Å². The Hall–Kier alpha value is -2.17. The van der Waals surface area contributed by atoms with E-state index in [4.69, 9.17) is 0 Å². The molecule has 0 aliphatic heterocycles. The molecular formula is C19H23N3O. The van der Waals surface area contributed by atoms with Crippen molar-refractivity contribution in [1.82, 2.24) is 14.3 Å². The quantitative estimate of drug-likeness (QED) is 0.729. The zero-order chi connectivity index (χ0) is 16.1. The zero-order valence-electron chi connectivity index (χ0n) is 13.5. The number of hydrogen-bond acceptors (Lipinski definition) is 3. The number of hydrogen-bond donors (Lipinski definition) is 1. The van der Waals surface area contributed by atoms with Crippen LogP contribution in [0.5, 0.6) is 0 Å². The lowest BCUT2D eigenvalue weighted by atomic mass is 10.1. The number of fused-ring (bicyclic) bond motifs is 1. The van der Waals surface area contributed by atoms with E-state index in [-0.39, 0.29) is 6.61 Å². The van der Waals surface area contributed by atoms with E-state index in [0.717, 1.165) is 30.9 Å². The molecule has 4 heteroatoms. The van der Waals surface area contributed by atoms with Crippen LogP contribution in [0, 0.1) is 6.92 Å². The summed E-state index contributed by atoms with van der Waals surface area (Å²) < 4.78 is 2.12. The lowest BCUT2D eigenvalue weighted by Crippen LogP contribution is -2.29. The second-order valence-corrected chi connectivity index (χ2v) is 5.92. The Balaban J connectivity index is 1.70. The van der Waals surface area contributed by atoms with Gasteiger partial charge in [-0.3, -0.25) is 4.90 Å². The highest BCUT2D eigenvalue weighted by Gasteiger charge is 2.10. The van der Waals surface area contributed by atoms with Gasteiger partial charge in [0.2, 0.25) is 0 Å². The summed E-state index contributed by atoms with van der Waals surface area (Å²) in [5.41, 5.74) is 4.67. The highest BCUT2D eigenvalue weighted by atomic mass is 16.3. The van der Waals surface area contributed by atoms with Crippen LogP contribution in [-0.2, 0) is 13.0 Å². The van der Waals surface area contributed by atoms with E-state index in [1.165, 1.54) is 11.1 Å². The minimum Gasteiger partial charge on any atom is -0.395 e. The van der Waals surface area contributed by atoms with Crippen LogP contribution in [0.2, 0.25) is 0 Å². The maximum atomic E-state index is 9.35. The van der Waals surface area contributed by atoms with Crippen molar-refractivity contribution in [3.8, 4) is 0 Å². The van der Waals surface area contributed by atoms with Gasteiger partial charge in [0.25, 0.3) is 0 Å². The molecule has 23 heavy (non-hydrogen) atoms. The first-order valence-electron chi connectivity index (χ1n) is 8.06. The fourth-order valence-corrected chi connectivity index (χ4v) is 2.82. The van der Waals surface area contributed by atoms with Crippen LogP contribution >= 0.6 is 0 Å². The molecule has 4 nitrogen and oxygen atoms in total. The molecule has 2 aromatic heterocycles. The third-order valence-electron chi connectivity index (χ3n) is 4.11. The molecule has 0 aliphatic carbocycles. The van der Waals surface area contributed by atoms with Gasteiger partial charge in [0.05, 0.1) is 18.5 Å². The molecule has 0 saturated heterocycles. The normalized spacial score (nSPS) is 11.4. The monoisotopic (exact) mass is 309 g/mol. The first-order valence-corrected chi connectivity index (χ1v) is 8.06. The minimum atomic E-state index is 0.171. The summed E-state index contributed by atoms with van der Waals surface area (Å²) in [6, 6.07) is 14.6. The lowest BCUT2D eigenvalue weighted by molar-refractivity contribution is 0.190. The summed E-state index contributed by atoms with van der Waals surface area (Å²) in [7, 11) is 0. The van der Waals surface area contributed by atoms with Gasteiger partial charge in [-0.15, -0.1) is 0 Å². The third-order valence-corrected chi connectivity index (χ3v) is 4.11. The van der Waals surface area contributed by atoms with Gasteiger partial charge in [0.1, 0.15) is 5.65 Å². The molecule has 0 unspecified atom stereocenters. The number of rotatable bonds is 7. The van der Waals surface area contributed by atoms with Crippen molar-refractivity contribution in [2.75, 3.05) is 19.7 Å². The molecule has 0 bridgehead atoms. The highest BCUT2D eigenvalue weighted by molar-refractivity contribution is 5.42. The van der Waals surface area contributed by atoms with Crippen LogP contribution in [0.4, 0.5) is 0 Å². The van der Waals surface area contributed by atoms with Crippen molar-refractivity contribution in [2.45, 2.75) is 19.9 Å². The first-order chi connectivity index (χ1) is 11.3. The maximum Gasteiger partial charge on any atom is 0.137 e. The summed E-state index contributed by atoms with van der Waals surface area (Å²) in [6.45, 7) is 4.63. The molecule has 0 amide bonds. The van der Waals surface area contributed by atoms with Crippen LogP contribution < -0.4 is 0 Å². The van der Waals surface area contributed by atoms with E-state index < -0.39 is 0 Å². The van der Waals surface area contributed by atoms with Crippen molar-refractivity contribution in [2.24, 2.45) is 0 Å². The van der Waals surface area contributed by atoms with Gasteiger partial charge in [0.15, 0.2) is 0 Å². The fraction of sp³-hybridized carbons (Fsp3) is 0.316. The topological polar surface area (TPSA) is 40.8 Å². The molecule has 3 rings (SSSR count). The number of aromatic nitrogens is 2. The van der Waals surface area contributed by atoms with Crippen LogP contribution in [0.1, 0.15) is 16.8 Å². The molecule has 3 aromatic rings. The number of nitrogens with zero attached hydrogens (tertiary/aromatic N) is 3. The summed E-state index contributed by atoms with van der Waals surface area (Å²) in [6.07, 6.45) is 4.99. The van der Waals surface area contributed by atoms with Gasteiger partial charge in [0, 0.05) is 25.8 Å². The van der Waals surface area contributed by atoms with E-state index >= 15 is 0 Å². The fourth-order valence-electron chi connectivity index (χ4n) is 2.82. The van der Waals surface area contributed by atoms with Gasteiger partial charge in [-0.05, 0) is 36.6 Å². The van der Waals surface area contributed by atoms with E-state index in [2.05, 4.69) is 63.8 Å². The van der Waals surface area contributed by atoms with Gasteiger partial charge in [-0.2, -0.15) is 0 Å². The number of aryl methyl sites for hydroxylation is 1. The molecule has 0 radical (unpaired) electrons. The third kappa shape index (κ3) is 3.97. The average molecular weight is 309 g/mol. The predicted molar refractivity (Wildman–Crippen MR) is 92.4 cm³/mol. The Kier molecular flexibility index (Phi) is 5.05. The second-order valence-electron chi connectivity index (χ2n) is 5.92. The number of imidazole rings is 1. The molecule has 2 heterocycles. The highest BCUT2D eigenvalue weighted by Crippen LogP contribution is 2.12. The molecule has 0 spiro atoms. The van der Waals surface area contributed by atoms with Gasteiger partial charge in [-0.25, -0.2) is 4.98 Å². The number of aliphatic hydroxyl groups is 1. The Morgan fingerprint density at radius 2 is 1.96 bits per heavy atom. The standard InChI is InChI=1S/C19H23N3O/c1-16-7-10-22-18(14-20-19(22)13-16)15-21(11-12-23)9-8-17-5-3-2-4-6-17/h2-7,10,13-14,23H,8-9,11-12,15H2,1H3. The zero-order valence-corrected chi connectivity index (χ0v) is 13.5. The van der Waals surface area contributed by atoms with E-state index in [1.54, 1.807) is 0 Å². The Morgan fingerprint density at radius 3 is 2.74 bits per heavy atom. The summed E-state index contributed by atoms with van der Waals surface area (Å²) in [5.74, 6) is 0. The largest absolute Gasteiger partial charge is 0.395 e. The Morgan fingerprint density at radius 1 is 1.13 bits per heavy atom. The van der Waals surface area contributed by atoms with Crippen LogP contribution in [0.15, 0.2) is 54.9 Å². The minimum absolute atomic E-state index is 0.171. The average Bonchev–Trinajstić information content (AvgIpc) is 2.96. The molecule has 1 N–H and O–H groups in total. The van der Waals surface area contributed by atoms with E-state index in [9.17, 15) is 5.11 Å². The number of aliphatic hydroxyl groups excluding tert-OH is 1. The van der Waals surface area contributed by atoms with Crippen molar-refractivity contribution in [3.63, 3.8) is 0 Å². The molecule has 0 saturated carbocycles. The Labute approximate surface area is 137 Å². The van der Waals surface area contributed by atoms with Crippen LogP contribution in [0.3, 0.4) is 0 Å². The Bertz CT molecular complexity index is 752. The summed E-state index contributed by atoms with van der Waals surface area (Å²) in [5, 5.41) is 9.35. The van der Waals surface area contributed by atoms with Gasteiger partial charge >= 0.3 is 0 Å². The van der Waals surface area contributed by atoms with Crippen LogP contribution in [0.25, 0.3) is 5.65 Å². The molecule has 0 atom stereocenters. The molecular weight excluding hydrogens is 286 g/mol. The molecule has 0 aliphatic rings. The number of pyridine rings is 1. The van der Waals surface area contributed by atoms with Gasteiger partial charge in [-0.1, -0.05) is 30.3 Å².